The lowest BCUT2D eigenvalue weighted by Gasteiger charge is -2.50. The van der Waals surface area contributed by atoms with E-state index in [1.54, 1.807) is 0 Å². The maximum atomic E-state index is 12.8. The smallest absolute Gasteiger partial charge is 0.139 e. The molecule has 0 aromatic heterocycles. The van der Waals surface area contributed by atoms with Crippen LogP contribution in [0.4, 0.5) is 0 Å². The average Bonchev–Trinajstić information content (AvgIpc) is 3.39. The van der Waals surface area contributed by atoms with Crippen molar-refractivity contribution in [1.29, 1.82) is 0 Å². The molecule has 0 amide bonds. The molecule has 0 bridgehead atoms. The van der Waals surface area contributed by atoms with Crippen molar-refractivity contribution in [3.63, 3.8) is 0 Å². The second kappa shape index (κ2) is 5.97. The van der Waals surface area contributed by atoms with Gasteiger partial charge in [-0.05, 0) is 96.4 Å². The molecule has 4 aliphatic rings. The summed E-state index contributed by atoms with van der Waals surface area (Å²) < 4.78 is 0. The number of carbonyl (C=O) groups excluding carboxylic acids is 1. The lowest BCUT2D eigenvalue weighted by Crippen LogP contribution is -2.46. The average molecular weight is 387 g/mol. The van der Waals surface area contributed by atoms with Crippen LogP contribution in [0.1, 0.15) is 67.2 Å². The van der Waals surface area contributed by atoms with Gasteiger partial charge in [-0.15, -0.1) is 0 Å². The molecule has 1 N–H and O–H groups in total. The molecule has 3 saturated carbocycles. The molecular formula is C27H30O2. The van der Waals surface area contributed by atoms with E-state index in [0.29, 0.717) is 34.7 Å². The highest BCUT2D eigenvalue weighted by Crippen LogP contribution is 2.80. The fourth-order valence-electron chi connectivity index (χ4n) is 7.75. The van der Waals surface area contributed by atoms with Crippen LogP contribution < -0.4 is 0 Å². The van der Waals surface area contributed by atoms with Crippen molar-refractivity contribution in [3.05, 3.63) is 64.7 Å². The highest BCUT2D eigenvalue weighted by Gasteiger charge is 2.76. The van der Waals surface area contributed by atoms with Gasteiger partial charge in [0.15, 0.2) is 0 Å². The molecule has 2 heteroatoms. The summed E-state index contributed by atoms with van der Waals surface area (Å²) in [6.45, 7) is 2.29. The third-order valence-corrected chi connectivity index (χ3v) is 9.32. The zero-order chi connectivity index (χ0) is 19.8. The highest BCUT2D eigenvalue weighted by atomic mass is 16.3. The molecule has 2 aromatic rings. The topological polar surface area (TPSA) is 37.3 Å². The lowest BCUT2D eigenvalue weighted by molar-refractivity contribution is -0.132. The number of aryl methyl sites for hydroxylation is 3. The van der Waals surface area contributed by atoms with E-state index in [9.17, 15) is 9.90 Å². The van der Waals surface area contributed by atoms with Crippen LogP contribution in [0.5, 0.6) is 5.75 Å². The molecule has 0 aliphatic heterocycles. The van der Waals surface area contributed by atoms with Crippen molar-refractivity contribution >= 4 is 5.78 Å². The Morgan fingerprint density at radius 3 is 2.76 bits per heavy atom. The summed E-state index contributed by atoms with van der Waals surface area (Å²) in [4.78, 5) is 12.8. The van der Waals surface area contributed by atoms with Gasteiger partial charge in [0.2, 0.25) is 0 Å². The fraction of sp³-hybridized carbons (Fsp3) is 0.519. The summed E-state index contributed by atoms with van der Waals surface area (Å²) in [5.41, 5.74) is 5.50. The van der Waals surface area contributed by atoms with Gasteiger partial charge in [-0.1, -0.05) is 43.3 Å². The van der Waals surface area contributed by atoms with Crippen LogP contribution in [0.15, 0.2) is 42.5 Å². The van der Waals surface area contributed by atoms with Gasteiger partial charge in [-0.3, -0.25) is 4.79 Å². The van der Waals surface area contributed by atoms with Crippen molar-refractivity contribution in [3.8, 4) is 5.75 Å². The first-order valence-electron chi connectivity index (χ1n) is 11.4. The Hall–Kier alpha value is -2.09. The Morgan fingerprint density at radius 2 is 1.93 bits per heavy atom. The molecule has 1 spiro atoms. The Balaban J connectivity index is 1.32. The predicted octanol–water partition coefficient (Wildman–Crippen LogP) is 5.60. The van der Waals surface area contributed by atoms with Crippen LogP contribution in [0, 0.1) is 22.7 Å². The minimum absolute atomic E-state index is 0.0522. The largest absolute Gasteiger partial charge is 0.508 e. The van der Waals surface area contributed by atoms with Gasteiger partial charge in [-0.25, -0.2) is 0 Å². The van der Waals surface area contributed by atoms with Crippen LogP contribution >= 0.6 is 0 Å². The number of Topliss-reactive ketones (excluding diaryl/α,β-unsaturated/α-hetero) is 1. The standard InChI is InChI=1S/C27H30O2/c1-26-12-11-21-22-13-19(8-7-17-5-3-2-4-6-17)24(28)14-18(22)9-10-23(21)27(26)16-20(27)15-25(26)29/h2-6,13-14,20-21,23,28H,7-12,15-16H2,1H3/t20-,21-,23-,26-,27+/m1/s1. The van der Waals surface area contributed by atoms with Crippen molar-refractivity contribution in [2.75, 3.05) is 0 Å². The predicted molar refractivity (Wildman–Crippen MR) is 114 cm³/mol. The maximum Gasteiger partial charge on any atom is 0.139 e. The van der Waals surface area contributed by atoms with E-state index in [1.807, 2.05) is 0 Å². The second-order valence-electron chi connectivity index (χ2n) is 10.4. The third-order valence-electron chi connectivity index (χ3n) is 9.32. The van der Waals surface area contributed by atoms with Gasteiger partial charge in [0.05, 0.1) is 0 Å². The molecule has 5 atom stereocenters. The molecule has 3 fully saturated rings. The van der Waals surface area contributed by atoms with Gasteiger partial charge < -0.3 is 5.11 Å². The molecule has 6 rings (SSSR count). The lowest BCUT2D eigenvalue weighted by atomic mass is 9.52. The first-order chi connectivity index (χ1) is 14.0. The Bertz CT molecular complexity index is 993. The molecule has 0 radical (unpaired) electrons. The van der Waals surface area contributed by atoms with E-state index in [2.05, 4.69) is 49.4 Å². The summed E-state index contributed by atoms with van der Waals surface area (Å²) in [6.07, 6.45) is 8.40. The summed E-state index contributed by atoms with van der Waals surface area (Å²) in [6, 6.07) is 14.9. The molecule has 150 valence electrons. The third kappa shape index (κ3) is 2.32. The monoisotopic (exact) mass is 386 g/mol. The van der Waals surface area contributed by atoms with Gasteiger partial charge >= 0.3 is 0 Å². The number of aromatic hydroxyl groups is 1. The Morgan fingerprint density at radius 1 is 1.10 bits per heavy atom. The van der Waals surface area contributed by atoms with E-state index in [1.165, 1.54) is 29.5 Å². The SMILES string of the molecule is C[C@]12CC[C@@H]3c4cc(CCc5ccccc5)c(O)cc4CC[C@H]3[C@@]13C[C@H]3CC2=O. The normalized spacial score (nSPS) is 36.7. The van der Waals surface area contributed by atoms with Crippen molar-refractivity contribution in [2.45, 2.75) is 64.2 Å². The van der Waals surface area contributed by atoms with Crippen LogP contribution in [-0.2, 0) is 24.1 Å². The van der Waals surface area contributed by atoms with E-state index in [-0.39, 0.29) is 5.41 Å². The van der Waals surface area contributed by atoms with Gasteiger partial charge in [0, 0.05) is 11.8 Å². The molecule has 2 aromatic carbocycles. The zero-order valence-electron chi connectivity index (χ0n) is 17.3. The highest BCUT2D eigenvalue weighted by molar-refractivity contribution is 5.90. The number of rotatable bonds is 3. The number of ketones is 1. The number of fused-ring (bicyclic) bond motifs is 3. The molecule has 0 saturated heterocycles. The second-order valence-corrected chi connectivity index (χ2v) is 10.4. The number of phenolic OH excluding ortho intramolecular Hbond substituents is 1. The van der Waals surface area contributed by atoms with E-state index >= 15 is 0 Å². The number of benzene rings is 2. The number of phenols is 1. The summed E-state index contributed by atoms with van der Waals surface area (Å²) in [5.74, 6) is 2.92. The number of hydrogen-bond donors (Lipinski definition) is 1. The van der Waals surface area contributed by atoms with Gasteiger partial charge in [0.25, 0.3) is 0 Å². The summed E-state index contributed by atoms with van der Waals surface area (Å²) in [7, 11) is 0. The van der Waals surface area contributed by atoms with Crippen molar-refractivity contribution in [1.82, 2.24) is 0 Å². The van der Waals surface area contributed by atoms with E-state index in [0.717, 1.165) is 44.1 Å². The zero-order valence-corrected chi connectivity index (χ0v) is 17.3. The molecule has 2 nitrogen and oxygen atoms in total. The summed E-state index contributed by atoms with van der Waals surface area (Å²) in [5, 5.41) is 10.7. The molecular weight excluding hydrogens is 356 g/mol. The maximum absolute atomic E-state index is 12.8. The minimum Gasteiger partial charge on any atom is -0.508 e. The Labute approximate surface area is 173 Å². The van der Waals surface area contributed by atoms with Crippen LogP contribution in [0.2, 0.25) is 0 Å². The summed E-state index contributed by atoms with van der Waals surface area (Å²) >= 11 is 0. The fourth-order valence-corrected chi connectivity index (χ4v) is 7.75. The Kier molecular flexibility index (Phi) is 3.65. The van der Waals surface area contributed by atoms with Crippen LogP contribution in [-0.4, -0.2) is 10.9 Å². The molecule has 0 unspecified atom stereocenters. The minimum atomic E-state index is -0.0522. The number of carbonyl (C=O) groups is 1. The molecule has 29 heavy (non-hydrogen) atoms. The number of hydrogen-bond acceptors (Lipinski definition) is 2. The van der Waals surface area contributed by atoms with Gasteiger partial charge in [0.1, 0.15) is 11.5 Å². The molecule has 4 aliphatic carbocycles. The van der Waals surface area contributed by atoms with Crippen molar-refractivity contribution < 1.29 is 9.90 Å². The van der Waals surface area contributed by atoms with Gasteiger partial charge in [-0.2, -0.15) is 0 Å². The first-order valence-corrected chi connectivity index (χ1v) is 11.4. The van der Waals surface area contributed by atoms with Crippen LogP contribution in [0.25, 0.3) is 0 Å². The van der Waals surface area contributed by atoms with E-state index in [4.69, 9.17) is 0 Å². The quantitative estimate of drug-likeness (QED) is 0.745. The first kappa shape index (κ1) is 17.7. The molecule has 0 heterocycles. The van der Waals surface area contributed by atoms with Crippen LogP contribution in [0.3, 0.4) is 0 Å². The van der Waals surface area contributed by atoms with Crippen molar-refractivity contribution in [2.24, 2.45) is 22.7 Å². The van der Waals surface area contributed by atoms with E-state index < -0.39 is 0 Å².